The fraction of sp³-hybridized carbons (Fsp3) is 0. The molecule has 2 N–H and O–H groups in total. The van der Waals surface area contributed by atoms with Crippen molar-refractivity contribution in [1.82, 2.24) is 10.6 Å². The fourth-order valence-corrected chi connectivity index (χ4v) is 1.95. The van der Waals surface area contributed by atoms with Crippen LogP contribution in [-0.4, -0.2) is 16.9 Å². The van der Waals surface area contributed by atoms with Crippen LogP contribution in [0.25, 0.3) is 6.08 Å². The summed E-state index contributed by atoms with van der Waals surface area (Å²) in [5, 5.41) is 4.49. The SMILES string of the molecule is O=C1NC(=S)NC(=O)C1=Cc1cc(Br)ccc1F. The van der Waals surface area contributed by atoms with Gasteiger partial charge in [-0.1, -0.05) is 15.9 Å². The first kappa shape index (κ1) is 12.8. The van der Waals surface area contributed by atoms with Crippen LogP contribution in [0, 0.1) is 5.82 Å². The Hall–Kier alpha value is -1.60. The predicted octanol–water partition coefficient (Wildman–Crippen LogP) is 1.50. The number of amides is 2. The Bertz CT molecular complexity index is 579. The van der Waals surface area contributed by atoms with E-state index in [1.165, 1.54) is 24.3 Å². The molecule has 0 bridgehead atoms. The molecule has 1 aliphatic rings. The van der Waals surface area contributed by atoms with Crippen LogP contribution in [0.2, 0.25) is 0 Å². The third-order valence-corrected chi connectivity index (χ3v) is 2.90. The zero-order valence-electron chi connectivity index (χ0n) is 8.79. The zero-order valence-corrected chi connectivity index (χ0v) is 11.2. The summed E-state index contributed by atoms with van der Waals surface area (Å²) in [6.07, 6.45) is 1.17. The summed E-state index contributed by atoms with van der Waals surface area (Å²) >= 11 is 7.83. The molecule has 0 atom stereocenters. The van der Waals surface area contributed by atoms with Gasteiger partial charge < -0.3 is 0 Å². The van der Waals surface area contributed by atoms with Crippen molar-refractivity contribution in [2.24, 2.45) is 0 Å². The second-order valence-electron chi connectivity index (χ2n) is 3.46. The van der Waals surface area contributed by atoms with Crippen LogP contribution in [0.3, 0.4) is 0 Å². The standard InChI is InChI=1S/C11H6BrFN2O2S/c12-6-1-2-8(13)5(3-6)4-7-9(16)14-11(18)15-10(7)17/h1-4H,(H2,14,15,16,17,18). The Kier molecular flexibility index (Phi) is 3.53. The second kappa shape index (κ2) is 4.95. The van der Waals surface area contributed by atoms with Gasteiger partial charge in [-0.3, -0.25) is 20.2 Å². The molecule has 2 rings (SSSR count). The van der Waals surface area contributed by atoms with Crippen molar-refractivity contribution in [1.29, 1.82) is 0 Å². The molecule has 0 radical (unpaired) electrons. The number of hydrogen-bond acceptors (Lipinski definition) is 3. The van der Waals surface area contributed by atoms with Gasteiger partial charge in [0.2, 0.25) is 0 Å². The van der Waals surface area contributed by atoms with Crippen LogP contribution in [0.4, 0.5) is 4.39 Å². The van der Waals surface area contributed by atoms with E-state index < -0.39 is 17.6 Å². The Morgan fingerprint density at radius 2 is 1.83 bits per heavy atom. The van der Waals surface area contributed by atoms with E-state index in [1.54, 1.807) is 0 Å². The molecule has 0 aromatic heterocycles. The molecule has 1 heterocycles. The summed E-state index contributed by atoms with van der Waals surface area (Å²) in [4.78, 5) is 23.1. The molecule has 0 unspecified atom stereocenters. The average Bonchev–Trinajstić information content (AvgIpc) is 2.28. The van der Waals surface area contributed by atoms with Gasteiger partial charge in [-0.15, -0.1) is 0 Å². The van der Waals surface area contributed by atoms with Crippen LogP contribution in [0.1, 0.15) is 5.56 Å². The lowest BCUT2D eigenvalue weighted by Gasteiger charge is -2.16. The molecular formula is C11H6BrFN2O2S. The van der Waals surface area contributed by atoms with Gasteiger partial charge in [0, 0.05) is 10.0 Å². The van der Waals surface area contributed by atoms with Crippen LogP contribution < -0.4 is 10.6 Å². The van der Waals surface area contributed by atoms with E-state index in [0.717, 1.165) is 0 Å². The molecule has 1 fully saturated rings. The van der Waals surface area contributed by atoms with Gasteiger partial charge in [0.15, 0.2) is 5.11 Å². The van der Waals surface area contributed by atoms with Crippen LogP contribution in [0.5, 0.6) is 0 Å². The van der Waals surface area contributed by atoms with Crippen molar-refractivity contribution < 1.29 is 14.0 Å². The Morgan fingerprint density at radius 3 is 2.44 bits per heavy atom. The lowest BCUT2D eigenvalue weighted by atomic mass is 10.1. The lowest BCUT2D eigenvalue weighted by molar-refractivity contribution is -0.123. The monoisotopic (exact) mass is 328 g/mol. The van der Waals surface area contributed by atoms with E-state index in [0.29, 0.717) is 4.47 Å². The minimum absolute atomic E-state index is 0.0585. The predicted molar refractivity (Wildman–Crippen MR) is 71.0 cm³/mol. The molecule has 92 valence electrons. The highest BCUT2D eigenvalue weighted by atomic mass is 79.9. The maximum atomic E-state index is 13.5. The van der Waals surface area contributed by atoms with Gasteiger partial charge in [-0.05, 0) is 36.5 Å². The summed E-state index contributed by atoms with van der Waals surface area (Å²) in [5.74, 6) is -1.83. The number of thiocarbonyl (C=S) groups is 1. The molecule has 1 saturated heterocycles. The molecule has 1 aliphatic heterocycles. The first-order chi connectivity index (χ1) is 8.47. The Labute approximate surface area is 115 Å². The van der Waals surface area contributed by atoms with Gasteiger partial charge in [-0.2, -0.15) is 0 Å². The minimum atomic E-state index is -0.650. The van der Waals surface area contributed by atoms with E-state index in [1.807, 2.05) is 0 Å². The zero-order chi connectivity index (χ0) is 13.3. The van der Waals surface area contributed by atoms with E-state index >= 15 is 0 Å². The highest BCUT2D eigenvalue weighted by Crippen LogP contribution is 2.18. The first-order valence-corrected chi connectivity index (χ1v) is 6.01. The third-order valence-electron chi connectivity index (χ3n) is 2.20. The summed E-state index contributed by atoms with van der Waals surface area (Å²) in [6.45, 7) is 0. The first-order valence-electron chi connectivity index (χ1n) is 4.81. The molecule has 18 heavy (non-hydrogen) atoms. The molecule has 4 nitrogen and oxygen atoms in total. The van der Waals surface area contributed by atoms with Gasteiger partial charge in [-0.25, -0.2) is 4.39 Å². The van der Waals surface area contributed by atoms with Gasteiger partial charge in [0.1, 0.15) is 11.4 Å². The summed E-state index contributed by atoms with van der Waals surface area (Å²) in [7, 11) is 0. The van der Waals surface area contributed by atoms with Crippen molar-refractivity contribution in [3.63, 3.8) is 0 Å². The highest BCUT2D eigenvalue weighted by Gasteiger charge is 2.25. The van der Waals surface area contributed by atoms with Crippen LogP contribution in [0.15, 0.2) is 28.2 Å². The van der Waals surface area contributed by atoms with Crippen LogP contribution in [-0.2, 0) is 9.59 Å². The van der Waals surface area contributed by atoms with E-state index in [-0.39, 0.29) is 16.2 Å². The van der Waals surface area contributed by atoms with Crippen molar-refractivity contribution in [3.05, 3.63) is 39.6 Å². The second-order valence-corrected chi connectivity index (χ2v) is 4.79. The molecule has 0 aliphatic carbocycles. The molecular weight excluding hydrogens is 323 g/mol. The summed E-state index contributed by atoms with van der Waals surface area (Å²) in [6, 6.07) is 4.23. The van der Waals surface area contributed by atoms with E-state index in [2.05, 4.69) is 38.8 Å². The fourth-order valence-electron chi connectivity index (χ4n) is 1.39. The maximum absolute atomic E-state index is 13.5. The van der Waals surface area contributed by atoms with Crippen molar-refractivity contribution in [3.8, 4) is 0 Å². The van der Waals surface area contributed by atoms with Gasteiger partial charge >= 0.3 is 0 Å². The van der Waals surface area contributed by atoms with Gasteiger partial charge in [0.25, 0.3) is 11.8 Å². The maximum Gasteiger partial charge on any atom is 0.263 e. The van der Waals surface area contributed by atoms with Gasteiger partial charge in [0.05, 0.1) is 0 Å². The minimum Gasteiger partial charge on any atom is -0.299 e. The topological polar surface area (TPSA) is 58.2 Å². The molecule has 0 spiro atoms. The normalized spacial score (nSPS) is 15.2. The number of benzene rings is 1. The van der Waals surface area contributed by atoms with Crippen LogP contribution >= 0.6 is 28.1 Å². The average molecular weight is 329 g/mol. The molecule has 7 heteroatoms. The summed E-state index contributed by atoms with van der Waals surface area (Å²) < 4.78 is 14.1. The van der Waals surface area contributed by atoms with Crippen molar-refractivity contribution in [2.75, 3.05) is 0 Å². The Balaban J connectivity index is 2.43. The van der Waals surface area contributed by atoms with Crippen molar-refractivity contribution in [2.45, 2.75) is 0 Å². The van der Waals surface area contributed by atoms with Crippen molar-refractivity contribution >= 4 is 51.2 Å². The molecule has 1 aromatic carbocycles. The highest BCUT2D eigenvalue weighted by molar-refractivity contribution is 9.10. The summed E-state index contributed by atoms with van der Waals surface area (Å²) in [5.41, 5.74) is -0.0573. The van der Waals surface area contributed by atoms with E-state index in [9.17, 15) is 14.0 Å². The molecule has 2 amide bonds. The number of carbonyl (C=O) groups excluding carboxylic acids is 2. The number of carbonyl (C=O) groups is 2. The smallest absolute Gasteiger partial charge is 0.263 e. The molecule has 0 saturated carbocycles. The largest absolute Gasteiger partial charge is 0.299 e. The quantitative estimate of drug-likeness (QED) is 0.466. The molecule has 1 aromatic rings. The lowest BCUT2D eigenvalue weighted by Crippen LogP contribution is -2.51. The third kappa shape index (κ3) is 2.62. The Morgan fingerprint density at radius 1 is 1.22 bits per heavy atom. The number of halogens is 2. The number of rotatable bonds is 1. The number of hydrogen-bond donors (Lipinski definition) is 2. The van der Waals surface area contributed by atoms with E-state index in [4.69, 9.17) is 0 Å². The number of nitrogens with one attached hydrogen (secondary N) is 2.